The van der Waals surface area contributed by atoms with Crippen LogP contribution in [-0.4, -0.2) is 0 Å². The first kappa shape index (κ1) is 14.4. The molecule has 20 heavy (non-hydrogen) atoms. The fraction of sp³-hybridized carbons (Fsp3) is 0.143. The van der Waals surface area contributed by atoms with Crippen molar-refractivity contribution in [3.05, 3.63) is 59.7 Å². The maximum absolute atomic E-state index is 12.6. The summed E-state index contributed by atoms with van der Waals surface area (Å²) in [6, 6.07) is 9.25. The van der Waals surface area contributed by atoms with E-state index >= 15 is 0 Å². The second-order valence-electron chi connectivity index (χ2n) is 4.07. The third-order valence-corrected chi connectivity index (χ3v) is 2.63. The van der Waals surface area contributed by atoms with E-state index in [0.717, 1.165) is 36.4 Å². The molecule has 0 saturated heterocycles. The molecule has 0 heterocycles. The molecule has 0 aliphatic carbocycles. The molecule has 0 aliphatic heterocycles. The van der Waals surface area contributed by atoms with Gasteiger partial charge in [0.05, 0.1) is 11.1 Å². The van der Waals surface area contributed by atoms with Crippen LogP contribution in [0.25, 0.3) is 11.1 Å². The van der Waals surface area contributed by atoms with E-state index in [1.54, 1.807) is 0 Å². The predicted molar refractivity (Wildman–Crippen MR) is 60.7 cm³/mol. The zero-order chi connectivity index (χ0) is 15.0. The molecule has 2 rings (SSSR count). The molecule has 0 atom stereocenters. The highest BCUT2D eigenvalue weighted by atomic mass is 19.4. The van der Waals surface area contributed by atoms with Gasteiger partial charge in [-0.3, -0.25) is 0 Å². The highest BCUT2D eigenvalue weighted by Crippen LogP contribution is 2.34. The smallest absolute Gasteiger partial charge is 0.166 e. The Labute approximate surface area is 110 Å². The number of hydrogen-bond donors (Lipinski definition) is 0. The van der Waals surface area contributed by atoms with Crippen molar-refractivity contribution in [2.45, 2.75) is 12.4 Å². The molecule has 2 aromatic rings. The fourth-order valence-corrected chi connectivity index (χ4v) is 1.67. The van der Waals surface area contributed by atoms with Crippen molar-refractivity contribution >= 4 is 0 Å². The Bertz CT molecular complexity index is 554. The Morgan fingerprint density at radius 2 is 1.35 bits per heavy atom. The Balaban J connectivity index is 2.47. The summed E-state index contributed by atoms with van der Waals surface area (Å²) in [5.74, 6) is 0. The fourth-order valence-electron chi connectivity index (χ4n) is 1.67. The zero-order valence-electron chi connectivity index (χ0n) is 9.81. The second-order valence-corrected chi connectivity index (χ2v) is 4.07. The molecule has 0 aromatic heterocycles. The maximum Gasteiger partial charge on any atom is 0.416 e. The van der Waals surface area contributed by atoms with Gasteiger partial charge in [0.2, 0.25) is 0 Å². The lowest BCUT2D eigenvalue weighted by Gasteiger charge is -2.11. The van der Waals surface area contributed by atoms with Crippen molar-refractivity contribution in [1.29, 1.82) is 0 Å². The normalized spacial score (nSPS) is 12.5. The predicted octanol–water partition coefficient (Wildman–Crippen LogP) is 5.19. The van der Waals surface area contributed by atoms with Crippen molar-refractivity contribution in [1.82, 2.24) is 0 Å². The van der Waals surface area contributed by atoms with Crippen LogP contribution in [0.3, 0.4) is 0 Å². The summed E-state index contributed by atoms with van der Waals surface area (Å²) in [6.07, 6.45) is -9.09. The molecule has 0 fully saturated rings. The van der Waals surface area contributed by atoms with Gasteiger partial charge in [-0.1, -0.05) is 18.2 Å². The minimum atomic E-state index is -4.55. The van der Waals surface area contributed by atoms with Gasteiger partial charge in [0.25, 0.3) is 0 Å². The molecule has 0 bridgehead atoms. The van der Waals surface area contributed by atoms with E-state index in [4.69, 9.17) is 0 Å². The monoisotopic (exact) mass is 289 g/mol. The largest absolute Gasteiger partial charge is 0.416 e. The molecule has 0 amide bonds. The van der Waals surface area contributed by atoms with Crippen molar-refractivity contribution in [3.8, 4) is 11.1 Å². The SMILES string of the molecule is FC(F)(F)c1cc[c]c(-c2cccc(C(F)(F)F)c2)c1. The van der Waals surface area contributed by atoms with E-state index in [-0.39, 0.29) is 11.1 Å². The summed E-state index contributed by atoms with van der Waals surface area (Å²) in [7, 11) is 0. The summed E-state index contributed by atoms with van der Waals surface area (Å²) in [5.41, 5.74) is -1.85. The average Bonchev–Trinajstić information content (AvgIpc) is 2.37. The second kappa shape index (κ2) is 4.85. The third kappa shape index (κ3) is 3.12. The van der Waals surface area contributed by atoms with E-state index in [1.165, 1.54) is 6.07 Å². The molecule has 2 aromatic carbocycles. The number of benzene rings is 2. The van der Waals surface area contributed by atoms with Crippen LogP contribution in [0.5, 0.6) is 0 Å². The van der Waals surface area contributed by atoms with Crippen molar-refractivity contribution < 1.29 is 26.3 Å². The van der Waals surface area contributed by atoms with Gasteiger partial charge in [-0.2, -0.15) is 26.3 Å². The molecule has 0 N–H and O–H groups in total. The van der Waals surface area contributed by atoms with Gasteiger partial charge in [0.15, 0.2) is 0 Å². The molecule has 0 spiro atoms. The molecule has 6 heteroatoms. The third-order valence-electron chi connectivity index (χ3n) is 2.63. The molecule has 0 saturated carbocycles. The molecule has 105 valence electrons. The molecular formula is C14H7F6. The van der Waals surface area contributed by atoms with Gasteiger partial charge in [-0.25, -0.2) is 0 Å². The van der Waals surface area contributed by atoms with Gasteiger partial charge < -0.3 is 0 Å². The van der Waals surface area contributed by atoms with E-state index in [2.05, 4.69) is 6.07 Å². The van der Waals surface area contributed by atoms with Gasteiger partial charge >= 0.3 is 12.4 Å². The van der Waals surface area contributed by atoms with Crippen molar-refractivity contribution in [2.24, 2.45) is 0 Å². The first-order valence-electron chi connectivity index (χ1n) is 5.44. The lowest BCUT2D eigenvalue weighted by Crippen LogP contribution is -2.05. The molecule has 0 unspecified atom stereocenters. The molecule has 0 nitrogen and oxygen atoms in total. The average molecular weight is 289 g/mol. The van der Waals surface area contributed by atoms with Crippen LogP contribution in [0.2, 0.25) is 0 Å². The number of rotatable bonds is 1. The molecule has 0 aliphatic rings. The Morgan fingerprint density at radius 1 is 0.750 bits per heavy atom. The van der Waals surface area contributed by atoms with Crippen LogP contribution in [0, 0.1) is 6.07 Å². The van der Waals surface area contributed by atoms with E-state index in [1.807, 2.05) is 0 Å². The Morgan fingerprint density at radius 3 is 1.95 bits per heavy atom. The minimum absolute atomic E-state index is 0.0333. The van der Waals surface area contributed by atoms with Gasteiger partial charge in [-0.05, 0) is 41.5 Å². The topological polar surface area (TPSA) is 0 Å². The quantitative estimate of drug-likeness (QED) is 0.634. The van der Waals surface area contributed by atoms with Crippen LogP contribution < -0.4 is 0 Å². The van der Waals surface area contributed by atoms with E-state index < -0.39 is 23.5 Å². The lowest BCUT2D eigenvalue weighted by atomic mass is 10.0. The highest BCUT2D eigenvalue weighted by molar-refractivity contribution is 5.64. The zero-order valence-corrected chi connectivity index (χ0v) is 9.81. The summed E-state index contributed by atoms with van der Waals surface area (Å²) in [6.45, 7) is 0. The van der Waals surface area contributed by atoms with Gasteiger partial charge in [0.1, 0.15) is 0 Å². The van der Waals surface area contributed by atoms with Crippen molar-refractivity contribution in [2.75, 3.05) is 0 Å². The highest BCUT2D eigenvalue weighted by Gasteiger charge is 2.32. The van der Waals surface area contributed by atoms with Crippen LogP contribution in [0.1, 0.15) is 11.1 Å². The molecule has 1 radical (unpaired) electrons. The Hall–Kier alpha value is -1.98. The van der Waals surface area contributed by atoms with E-state index in [9.17, 15) is 26.3 Å². The standard InChI is InChI=1S/C14H7F6/c15-13(16,17)11-5-1-3-9(7-11)10-4-2-6-12(8-10)14(18,19)20/h1-3,5-8H. The van der Waals surface area contributed by atoms with Crippen LogP contribution in [-0.2, 0) is 12.4 Å². The first-order valence-corrected chi connectivity index (χ1v) is 5.44. The minimum Gasteiger partial charge on any atom is -0.166 e. The summed E-state index contributed by atoms with van der Waals surface area (Å²) >= 11 is 0. The number of alkyl halides is 6. The Kier molecular flexibility index (Phi) is 3.50. The summed E-state index contributed by atoms with van der Waals surface area (Å²) in [4.78, 5) is 0. The van der Waals surface area contributed by atoms with Gasteiger partial charge in [0, 0.05) is 0 Å². The summed E-state index contributed by atoms with van der Waals surface area (Å²) in [5, 5.41) is 0. The molecular weight excluding hydrogens is 282 g/mol. The number of halogens is 6. The first-order chi connectivity index (χ1) is 9.18. The lowest BCUT2D eigenvalue weighted by molar-refractivity contribution is -0.138. The summed E-state index contributed by atoms with van der Waals surface area (Å²) < 4.78 is 75.4. The number of hydrogen-bond acceptors (Lipinski definition) is 0. The van der Waals surface area contributed by atoms with Crippen LogP contribution >= 0.6 is 0 Å². The van der Waals surface area contributed by atoms with E-state index in [0.29, 0.717) is 0 Å². The van der Waals surface area contributed by atoms with Crippen molar-refractivity contribution in [3.63, 3.8) is 0 Å². The van der Waals surface area contributed by atoms with Gasteiger partial charge in [-0.15, -0.1) is 0 Å². The van der Waals surface area contributed by atoms with Crippen LogP contribution in [0.15, 0.2) is 42.5 Å². The van der Waals surface area contributed by atoms with Crippen LogP contribution in [0.4, 0.5) is 26.3 Å². The maximum atomic E-state index is 12.6.